The standard InChI is InChI=1S/C14H24N4O.ClH/c1-5-12-11(8-10(4)17-18-12)13(19)16-14(6-2,7-3)9-15;/h8H,5-7,9,15H2,1-4H3,(H,16,19);1H. The summed E-state index contributed by atoms with van der Waals surface area (Å²) in [5, 5.41) is 11.1. The van der Waals surface area contributed by atoms with Gasteiger partial charge in [0.25, 0.3) is 5.91 Å². The average Bonchev–Trinajstić information content (AvgIpc) is 2.44. The van der Waals surface area contributed by atoms with Gasteiger partial charge in [0, 0.05) is 6.54 Å². The Labute approximate surface area is 127 Å². The fourth-order valence-electron chi connectivity index (χ4n) is 2.05. The summed E-state index contributed by atoms with van der Waals surface area (Å²) in [5.74, 6) is -0.107. The van der Waals surface area contributed by atoms with Crippen LogP contribution >= 0.6 is 12.4 Å². The Morgan fingerprint density at radius 2 is 1.90 bits per heavy atom. The number of amides is 1. The zero-order valence-corrected chi connectivity index (χ0v) is 13.5. The van der Waals surface area contributed by atoms with Gasteiger partial charge in [-0.05, 0) is 32.3 Å². The van der Waals surface area contributed by atoms with Crippen molar-refractivity contribution in [3.63, 3.8) is 0 Å². The Morgan fingerprint density at radius 1 is 1.30 bits per heavy atom. The lowest BCUT2D eigenvalue weighted by Crippen LogP contribution is -2.53. The lowest BCUT2D eigenvalue weighted by molar-refractivity contribution is 0.0893. The summed E-state index contributed by atoms with van der Waals surface area (Å²) in [7, 11) is 0. The molecule has 0 aromatic carbocycles. The van der Waals surface area contributed by atoms with Gasteiger partial charge in [-0.2, -0.15) is 10.2 Å². The molecular weight excluding hydrogens is 276 g/mol. The Bertz CT molecular complexity index is 439. The van der Waals surface area contributed by atoms with Crippen LogP contribution in [0.25, 0.3) is 0 Å². The van der Waals surface area contributed by atoms with Crippen LogP contribution in [0.2, 0.25) is 0 Å². The molecule has 0 aliphatic rings. The van der Waals surface area contributed by atoms with Crippen molar-refractivity contribution in [2.24, 2.45) is 5.73 Å². The van der Waals surface area contributed by atoms with E-state index < -0.39 is 0 Å². The van der Waals surface area contributed by atoms with Crippen molar-refractivity contribution in [1.29, 1.82) is 0 Å². The number of carbonyl (C=O) groups is 1. The summed E-state index contributed by atoms with van der Waals surface area (Å²) < 4.78 is 0. The summed E-state index contributed by atoms with van der Waals surface area (Å²) >= 11 is 0. The van der Waals surface area contributed by atoms with Crippen molar-refractivity contribution in [3.8, 4) is 0 Å². The number of halogens is 1. The quantitative estimate of drug-likeness (QED) is 0.842. The van der Waals surface area contributed by atoms with Gasteiger partial charge < -0.3 is 11.1 Å². The molecule has 1 heterocycles. The molecule has 1 aromatic heterocycles. The average molecular weight is 301 g/mol. The third kappa shape index (κ3) is 4.15. The van der Waals surface area contributed by atoms with Crippen LogP contribution in [-0.4, -0.2) is 28.2 Å². The molecule has 20 heavy (non-hydrogen) atoms. The number of hydrogen-bond donors (Lipinski definition) is 2. The number of carbonyl (C=O) groups excluding carboxylic acids is 1. The summed E-state index contributed by atoms with van der Waals surface area (Å²) in [5.41, 5.74) is 7.55. The zero-order chi connectivity index (χ0) is 14.5. The van der Waals surface area contributed by atoms with E-state index >= 15 is 0 Å². The van der Waals surface area contributed by atoms with E-state index in [1.165, 1.54) is 0 Å². The van der Waals surface area contributed by atoms with E-state index in [4.69, 9.17) is 5.73 Å². The largest absolute Gasteiger partial charge is 0.345 e. The Kier molecular flexibility index (Phi) is 7.68. The second-order valence-electron chi connectivity index (χ2n) is 4.85. The summed E-state index contributed by atoms with van der Waals surface area (Å²) in [6, 6.07) is 1.79. The van der Waals surface area contributed by atoms with Crippen molar-refractivity contribution in [1.82, 2.24) is 15.5 Å². The number of aromatic nitrogens is 2. The highest BCUT2D eigenvalue weighted by Gasteiger charge is 2.27. The predicted molar refractivity (Wildman–Crippen MR) is 83.2 cm³/mol. The van der Waals surface area contributed by atoms with Crippen LogP contribution in [0.3, 0.4) is 0 Å². The van der Waals surface area contributed by atoms with Gasteiger partial charge >= 0.3 is 0 Å². The fourth-order valence-corrected chi connectivity index (χ4v) is 2.05. The molecule has 114 valence electrons. The predicted octanol–water partition coefficient (Wildman–Crippen LogP) is 2.02. The molecule has 1 rings (SSSR count). The van der Waals surface area contributed by atoms with Crippen LogP contribution in [0.4, 0.5) is 0 Å². The van der Waals surface area contributed by atoms with Crippen molar-refractivity contribution in [2.45, 2.75) is 52.5 Å². The first-order chi connectivity index (χ1) is 9.01. The van der Waals surface area contributed by atoms with E-state index in [1.54, 1.807) is 6.07 Å². The zero-order valence-electron chi connectivity index (χ0n) is 12.7. The molecule has 6 heteroatoms. The number of nitrogens with two attached hydrogens (primary N) is 1. The molecule has 0 unspecified atom stereocenters. The lowest BCUT2D eigenvalue weighted by atomic mass is 9.92. The molecule has 1 aromatic rings. The molecule has 0 radical (unpaired) electrons. The lowest BCUT2D eigenvalue weighted by Gasteiger charge is -2.31. The highest BCUT2D eigenvalue weighted by atomic mass is 35.5. The molecule has 0 aliphatic carbocycles. The maximum absolute atomic E-state index is 12.4. The van der Waals surface area contributed by atoms with Gasteiger partial charge in [0.05, 0.1) is 22.5 Å². The highest BCUT2D eigenvalue weighted by Crippen LogP contribution is 2.16. The SMILES string of the molecule is CCc1nnc(C)cc1C(=O)NC(CC)(CC)CN.Cl. The van der Waals surface area contributed by atoms with E-state index in [0.29, 0.717) is 18.5 Å². The van der Waals surface area contributed by atoms with Crippen LogP contribution in [0, 0.1) is 6.92 Å². The number of aryl methyl sites for hydroxylation is 2. The van der Waals surface area contributed by atoms with Gasteiger partial charge in [-0.15, -0.1) is 12.4 Å². The molecule has 0 spiro atoms. The molecule has 3 N–H and O–H groups in total. The van der Waals surface area contributed by atoms with Gasteiger partial charge in [-0.3, -0.25) is 4.79 Å². The normalized spacial score (nSPS) is 10.8. The molecule has 0 bridgehead atoms. The third-order valence-corrected chi connectivity index (χ3v) is 3.70. The molecular formula is C14H25ClN4O. The molecule has 0 atom stereocenters. The summed E-state index contributed by atoms with van der Waals surface area (Å²) in [6.45, 7) is 8.30. The van der Waals surface area contributed by atoms with E-state index in [0.717, 1.165) is 24.2 Å². The van der Waals surface area contributed by atoms with Crippen LogP contribution in [0.1, 0.15) is 55.4 Å². The molecule has 5 nitrogen and oxygen atoms in total. The van der Waals surface area contributed by atoms with E-state index in [2.05, 4.69) is 15.5 Å². The monoisotopic (exact) mass is 300 g/mol. The Morgan fingerprint density at radius 3 is 2.35 bits per heavy atom. The first-order valence-corrected chi connectivity index (χ1v) is 6.87. The first-order valence-electron chi connectivity index (χ1n) is 6.87. The van der Waals surface area contributed by atoms with E-state index in [9.17, 15) is 4.79 Å². The second-order valence-corrected chi connectivity index (χ2v) is 4.85. The molecule has 0 saturated heterocycles. The fraction of sp³-hybridized carbons (Fsp3) is 0.643. The number of nitrogens with zero attached hydrogens (tertiary/aromatic N) is 2. The van der Waals surface area contributed by atoms with Gasteiger partial charge in [0.1, 0.15) is 0 Å². The van der Waals surface area contributed by atoms with E-state index in [-0.39, 0.29) is 23.9 Å². The van der Waals surface area contributed by atoms with Crippen molar-refractivity contribution in [2.75, 3.05) is 6.54 Å². The summed E-state index contributed by atoms with van der Waals surface area (Å²) in [4.78, 5) is 12.4. The molecule has 0 fully saturated rings. The Balaban J connectivity index is 0.00000361. The van der Waals surface area contributed by atoms with Crippen LogP contribution in [-0.2, 0) is 6.42 Å². The molecule has 0 saturated carbocycles. The van der Waals surface area contributed by atoms with E-state index in [1.807, 2.05) is 27.7 Å². The molecule has 1 amide bonds. The second kappa shape index (κ2) is 8.17. The number of rotatable bonds is 6. The van der Waals surface area contributed by atoms with Crippen LogP contribution in [0.5, 0.6) is 0 Å². The van der Waals surface area contributed by atoms with Crippen LogP contribution < -0.4 is 11.1 Å². The topological polar surface area (TPSA) is 80.9 Å². The van der Waals surface area contributed by atoms with Gasteiger partial charge in [-0.1, -0.05) is 20.8 Å². The maximum Gasteiger partial charge on any atom is 0.253 e. The summed E-state index contributed by atoms with van der Waals surface area (Å²) in [6.07, 6.45) is 2.30. The van der Waals surface area contributed by atoms with Crippen molar-refractivity contribution in [3.05, 3.63) is 23.0 Å². The third-order valence-electron chi connectivity index (χ3n) is 3.70. The van der Waals surface area contributed by atoms with Gasteiger partial charge in [-0.25, -0.2) is 0 Å². The van der Waals surface area contributed by atoms with Crippen LogP contribution in [0.15, 0.2) is 6.07 Å². The van der Waals surface area contributed by atoms with Crippen molar-refractivity contribution >= 4 is 18.3 Å². The van der Waals surface area contributed by atoms with Gasteiger partial charge in [0.15, 0.2) is 0 Å². The minimum absolute atomic E-state index is 0. The first kappa shape index (κ1) is 18.8. The number of hydrogen-bond acceptors (Lipinski definition) is 4. The van der Waals surface area contributed by atoms with Crippen molar-refractivity contribution < 1.29 is 4.79 Å². The number of nitrogens with one attached hydrogen (secondary N) is 1. The maximum atomic E-state index is 12.4. The molecule has 0 aliphatic heterocycles. The smallest absolute Gasteiger partial charge is 0.253 e. The van der Waals surface area contributed by atoms with Gasteiger partial charge in [0.2, 0.25) is 0 Å². The minimum Gasteiger partial charge on any atom is -0.345 e. The Hall–Kier alpha value is -1.20. The minimum atomic E-state index is -0.334. The highest BCUT2D eigenvalue weighted by molar-refractivity contribution is 5.95.